The van der Waals surface area contributed by atoms with Crippen molar-refractivity contribution < 1.29 is 19.3 Å². The number of hydrogen-bond donors (Lipinski definition) is 1. The monoisotopic (exact) mass is 448 g/mol. The summed E-state index contributed by atoms with van der Waals surface area (Å²) >= 11 is 6.31. The topological polar surface area (TPSA) is 90.3 Å². The number of halogens is 1. The molecule has 7 nitrogen and oxygen atoms in total. The summed E-state index contributed by atoms with van der Waals surface area (Å²) in [6, 6.07) is 8.30. The van der Waals surface area contributed by atoms with E-state index in [-0.39, 0.29) is 15.6 Å². The van der Waals surface area contributed by atoms with Gasteiger partial charge in [0.05, 0.1) is 18.4 Å². The minimum Gasteiger partial charge on any atom is -0.464 e. The molecule has 0 aliphatic rings. The molecule has 0 saturated carbocycles. The molecule has 3 aromatic rings. The molecular weight excluding hydrogens is 426 g/mol. The largest absolute Gasteiger partial charge is 0.464 e. The molecule has 0 bridgehead atoms. The first-order chi connectivity index (χ1) is 14.4. The summed E-state index contributed by atoms with van der Waals surface area (Å²) in [5.41, 5.74) is 1.57. The molecule has 30 heavy (non-hydrogen) atoms. The second-order valence-corrected chi connectivity index (χ2v) is 9.12. The molecule has 0 atom stereocenters. The predicted molar refractivity (Wildman–Crippen MR) is 117 cm³/mol. The lowest BCUT2D eigenvalue weighted by Crippen LogP contribution is -2.18. The highest BCUT2D eigenvalue weighted by atomic mass is 35.5. The SMILES string of the molecule is [2H]C(C)(C)Nc1cc(-c2cc(C(=O)OC)n(S(=O)(=O)c3ccc(C)cc3)c2)c(Cl)cn1. The Bertz CT molecular complexity index is 1230. The van der Waals surface area contributed by atoms with Crippen LogP contribution in [0.5, 0.6) is 0 Å². The van der Waals surface area contributed by atoms with E-state index in [0.29, 0.717) is 16.9 Å². The van der Waals surface area contributed by atoms with Crippen LogP contribution in [0, 0.1) is 6.92 Å². The zero-order valence-corrected chi connectivity index (χ0v) is 18.5. The minimum absolute atomic E-state index is 0.0320. The highest BCUT2D eigenvalue weighted by Crippen LogP contribution is 2.32. The van der Waals surface area contributed by atoms with Crippen LogP contribution in [0.2, 0.25) is 5.02 Å². The Labute approximate surface area is 182 Å². The summed E-state index contributed by atoms with van der Waals surface area (Å²) < 4.78 is 40.1. The molecule has 0 fully saturated rings. The molecule has 1 aromatic carbocycles. The van der Waals surface area contributed by atoms with Crippen molar-refractivity contribution >= 4 is 33.4 Å². The van der Waals surface area contributed by atoms with E-state index in [0.717, 1.165) is 9.54 Å². The molecule has 3 rings (SSSR count). The number of carbonyl (C=O) groups is 1. The number of ether oxygens (including phenoxy) is 1. The number of rotatable bonds is 6. The summed E-state index contributed by atoms with van der Waals surface area (Å²) in [6.45, 7) is 5.16. The normalized spacial score (nSPS) is 12.4. The van der Waals surface area contributed by atoms with E-state index in [2.05, 4.69) is 10.3 Å². The van der Waals surface area contributed by atoms with Gasteiger partial charge in [0.25, 0.3) is 10.0 Å². The summed E-state index contributed by atoms with van der Waals surface area (Å²) in [7, 11) is -2.89. The summed E-state index contributed by atoms with van der Waals surface area (Å²) in [6.07, 6.45) is 2.72. The van der Waals surface area contributed by atoms with Gasteiger partial charge in [-0.05, 0) is 45.0 Å². The Morgan fingerprint density at radius 3 is 2.53 bits per heavy atom. The van der Waals surface area contributed by atoms with Gasteiger partial charge in [-0.1, -0.05) is 29.3 Å². The van der Waals surface area contributed by atoms with Gasteiger partial charge in [-0.3, -0.25) is 0 Å². The maximum Gasteiger partial charge on any atom is 0.355 e. The zero-order chi connectivity index (χ0) is 23.0. The Balaban J connectivity index is 2.17. The first-order valence-corrected chi connectivity index (χ1v) is 10.8. The lowest BCUT2D eigenvalue weighted by molar-refractivity contribution is 0.0593. The lowest BCUT2D eigenvalue weighted by Gasteiger charge is -2.11. The van der Waals surface area contributed by atoms with E-state index >= 15 is 0 Å². The number of aromatic nitrogens is 2. The van der Waals surface area contributed by atoms with Crippen molar-refractivity contribution in [3.8, 4) is 11.1 Å². The highest BCUT2D eigenvalue weighted by Gasteiger charge is 2.26. The van der Waals surface area contributed by atoms with E-state index in [4.69, 9.17) is 17.7 Å². The number of hydrogen-bond acceptors (Lipinski definition) is 6. The van der Waals surface area contributed by atoms with Crippen molar-refractivity contribution in [1.82, 2.24) is 8.96 Å². The number of pyridine rings is 1. The second-order valence-electron chi connectivity index (χ2n) is 6.89. The number of carbonyl (C=O) groups excluding carboxylic acids is 1. The molecule has 0 aliphatic carbocycles. The number of nitrogens with zero attached hydrogens (tertiary/aromatic N) is 2. The lowest BCUT2D eigenvalue weighted by atomic mass is 10.1. The predicted octanol–water partition coefficient (Wildman–Crippen LogP) is 4.36. The molecule has 0 aliphatic heterocycles. The molecule has 0 radical (unpaired) electrons. The highest BCUT2D eigenvalue weighted by molar-refractivity contribution is 7.90. The molecule has 9 heteroatoms. The zero-order valence-electron chi connectivity index (χ0n) is 17.9. The number of nitrogens with one attached hydrogen (secondary N) is 1. The Hall–Kier alpha value is -2.84. The molecule has 0 saturated heterocycles. The number of methoxy groups -OCH3 is 1. The molecule has 0 amide bonds. The average Bonchev–Trinajstić information content (AvgIpc) is 3.14. The van der Waals surface area contributed by atoms with E-state index in [1.54, 1.807) is 32.0 Å². The van der Waals surface area contributed by atoms with E-state index < -0.39 is 22.0 Å². The van der Waals surface area contributed by atoms with Crippen molar-refractivity contribution in [3.63, 3.8) is 0 Å². The molecule has 0 spiro atoms. The number of esters is 1. The van der Waals surface area contributed by atoms with Crippen LogP contribution < -0.4 is 5.32 Å². The standard InChI is InChI=1S/C21H22ClN3O4S/c1-13(2)24-20-10-17(18(22)11-23-20)15-9-19(21(26)29-4)25(12-15)30(27,28)16-7-5-14(3)6-8-16/h5-13H,1-4H3,(H,23,24)/i13D. The number of aryl methyl sites for hydroxylation is 1. The van der Waals surface area contributed by atoms with Crippen LogP contribution in [0.3, 0.4) is 0 Å². The molecule has 0 unspecified atom stereocenters. The van der Waals surface area contributed by atoms with E-state index in [1.165, 1.54) is 37.7 Å². The quantitative estimate of drug-likeness (QED) is 0.563. The van der Waals surface area contributed by atoms with Gasteiger partial charge in [0, 0.05) is 29.5 Å². The van der Waals surface area contributed by atoms with Crippen LogP contribution in [-0.4, -0.2) is 36.5 Å². The van der Waals surface area contributed by atoms with Gasteiger partial charge in [-0.25, -0.2) is 22.2 Å². The fourth-order valence-electron chi connectivity index (χ4n) is 2.85. The van der Waals surface area contributed by atoms with Gasteiger partial charge in [-0.15, -0.1) is 0 Å². The van der Waals surface area contributed by atoms with Crippen LogP contribution in [0.4, 0.5) is 5.82 Å². The van der Waals surface area contributed by atoms with Gasteiger partial charge >= 0.3 is 5.97 Å². The van der Waals surface area contributed by atoms with Crippen LogP contribution in [-0.2, 0) is 14.8 Å². The summed E-state index contributed by atoms with van der Waals surface area (Å²) in [4.78, 5) is 16.5. The number of benzene rings is 1. The van der Waals surface area contributed by atoms with Gasteiger partial charge in [0.15, 0.2) is 0 Å². The van der Waals surface area contributed by atoms with Crippen molar-refractivity contribution in [1.29, 1.82) is 0 Å². The third-order valence-corrected chi connectivity index (χ3v) is 6.29. The van der Waals surface area contributed by atoms with Crippen LogP contribution in [0.15, 0.2) is 53.7 Å². The molecule has 2 aromatic heterocycles. The maximum atomic E-state index is 13.2. The van der Waals surface area contributed by atoms with Crippen LogP contribution in [0.25, 0.3) is 11.1 Å². The third kappa shape index (κ3) is 4.34. The van der Waals surface area contributed by atoms with Crippen LogP contribution >= 0.6 is 11.6 Å². The average molecular weight is 449 g/mol. The first-order valence-electron chi connectivity index (χ1n) is 9.49. The maximum absolute atomic E-state index is 13.2. The second kappa shape index (κ2) is 8.49. The van der Waals surface area contributed by atoms with Crippen molar-refractivity contribution in [2.75, 3.05) is 12.4 Å². The first kappa shape index (κ1) is 20.4. The molecular formula is C21H22ClN3O4S. The summed E-state index contributed by atoms with van der Waals surface area (Å²) in [5.74, 6) is -0.425. The Kier molecular flexibility index (Phi) is 5.78. The van der Waals surface area contributed by atoms with Gasteiger partial charge in [0.1, 0.15) is 11.5 Å². The van der Waals surface area contributed by atoms with Crippen molar-refractivity contribution in [2.24, 2.45) is 0 Å². The summed E-state index contributed by atoms with van der Waals surface area (Å²) in [5, 5.41) is 3.17. The fraction of sp³-hybridized carbons (Fsp3) is 0.238. The van der Waals surface area contributed by atoms with Crippen LogP contribution in [0.1, 0.15) is 31.3 Å². The molecule has 158 valence electrons. The van der Waals surface area contributed by atoms with Gasteiger partial charge in [-0.2, -0.15) is 0 Å². The van der Waals surface area contributed by atoms with Crippen molar-refractivity contribution in [2.45, 2.75) is 31.7 Å². The van der Waals surface area contributed by atoms with Crippen molar-refractivity contribution in [3.05, 3.63) is 65.1 Å². The van der Waals surface area contributed by atoms with Gasteiger partial charge in [0.2, 0.25) is 0 Å². The third-order valence-electron chi connectivity index (χ3n) is 4.30. The fourth-order valence-corrected chi connectivity index (χ4v) is 4.41. The smallest absolute Gasteiger partial charge is 0.355 e. The van der Waals surface area contributed by atoms with E-state index in [9.17, 15) is 13.2 Å². The molecule has 1 N–H and O–H groups in total. The van der Waals surface area contributed by atoms with E-state index in [1.807, 2.05) is 6.92 Å². The molecule has 2 heterocycles. The number of anilines is 1. The Morgan fingerprint density at radius 1 is 1.27 bits per heavy atom. The minimum atomic E-state index is -4.07. The Morgan fingerprint density at radius 2 is 1.93 bits per heavy atom. The van der Waals surface area contributed by atoms with Gasteiger partial charge < -0.3 is 10.1 Å².